The smallest absolute Gasteiger partial charge is 0.263 e. The lowest BCUT2D eigenvalue weighted by atomic mass is 10.2. The minimum atomic E-state index is 0.181. The van der Waals surface area contributed by atoms with Crippen LogP contribution in [0.1, 0.15) is 45.8 Å². The molecule has 0 atom stereocenters. The molecule has 0 unspecified atom stereocenters. The van der Waals surface area contributed by atoms with E-state index < -0.39 is 0 Å². The fraction of sp³-hybridized carbons (Fsp3) is 0.643. The van der Waals surface area contributed by atoms with E-state index in [0.717, 1.165) is 49.4 Å². The molecule has 2 nitrogen and oxygen atoms in total. The molecule has 1 aliphatic carbocycles. The minimum Gasteiger partial charge on any atom is -0.341 e. The maximum atomic E-state index is 12.2. The number of hydrogen-bond donors (Lipinski definition) is 0. The first-order valence-electron chi connectivity index (χ1n) is 6.65. The molecule has 1 heterocycles. The molecule has 0 radical (unpaired) electrons. The van der Waals surface area contributed by atoms with Crippen LogP contribution in [0.5, 0.6) is 0 Å². The van der Waals surface area contributed by atoms with Crippen molar-refractivity contribution in [2.45, 2.75) is 38.5 Å². The summed E-state index contributed by atoms with van der Waals surface area (Å²) in [5.41, 5.74) is 1.40. The molecule has 0 bridgehead atoms. The second-order valence-corrected chi connectivity index (χ2v) is 6.40. The van der Waals surface area contributed by atoms with Crippen LogP contribution in [-0.4, -0.2) is 30.3 Å². The zero-order valence-electron chi connectivity index (χ0n) is 10.9. The molecular formula is C14H20ClNOS. The number of carbonyl (C=O) groups excluding carboxylic acids is 1. The fourth-order valence-electron chi connectivity index (χ4n) is 2.34. The molecule has 4 heteroatoms. The molecule has 1 amide bonds. The highest BCUT2D eigenvalue weighted by Crippen LogP contribution is 2.31. The van der Waals surface area contributed by atoms with E-state index in [1.807, 2.05) is 11.9 Å². The number of rotatable bonds is 6. The predicted molar refractivity (Wildman–Crippen MR) is 77.9 cm³/mol. The van der Waals surface area contributed by atoms with Gasteiger partial charge in [-0.1, -0.05) is 6.42 Å². The molecule has 2 rings (SSSR count). The van der Waals surface area contributed by atoms with E-state index in [4.69, 9.17) is 11.6 Å². The quantitative estimate of drug-likeness (QED) is 0.576. The van der Waals surface area contributed by atoms with E-state index in [0.29, 0.717) is 0 Å². The Kier molecular flexibility index (Phi) is 5.07. The maximum Gasteiger partial charge on any atom is 0.263 e. The van der Waals surface area contributed by atoms with Gasteiger partial charge in [0.15, 0.2) is 0 Å². The van der Waals surface area contributed by atoms with Crippen molar-refractivity contribution < 1.29 is 4.79 Å². The summed E-state index contributed by atoms with van der Waals surface area (Å²) in [6.07, 6.45) is 6.74. The Morgan fingerprint density at radius 3 is 2.94 bits per heavy atom. The van der Waals surface area contributed by atoms with Crippen LogP contribution in [0.25, 0.3) is 0 Å². The second-order valence-electron chi connectivity index (χ2n) is 4.89. The Hall–Kier alpha value is -0.540. The van der Waals surface area contributed by atoms with Crippen molar-refractivity contribution in [2.24, 2.45) is 0 Å². The van der Waals surface area contributed by atoms with E-state index in [1.54, 1.807) is 11.3 Å². The third kappa shape index (κ3) is 3.27. The third-order valence-electron chi connectivity index (χ3n) is 3.43. The van der Waals surface area contributed by atoms with Gasteiger partial charge in [0.2, 0.25) is 0 Å². The Labute approximate surface area is 118 Å². The van der Waals surface area contributed by atoms with Crippen molar-refractivity contribution in [3.8, 4) is 0 Å². The first-order valence-corrected chi connectivity index (χ1v) is 8.00. The average molecular weight is 286 g/mol. The van der Waals surface area contributed by atoms with Crippen LogP contribution in [0.4, 0.5) is 0 Å². The SMILES string of the molecule is CN(CCCCCCl)C(=O)c1cc2c(s1)CCC2. The topological polar surface area (TPSA) is 20.3 Å². The maximum absolute atomic E-state index is 12.2. The molecule has 18 heavy (non-hydrogen) atoms. The zero-order chi connectivity index (χ0) is 13.0. The summed E-state index contributed by atoms with van der Waals surface area (Å²) < 4.78 is 0. The molecule has 0 N–H and O–H groups in total. The number of alkyl halides is 1. The van der Waals surface area contributed by atoms with Crippen LogP contribution in [0, 0.1) is 0 Å². The highest BCUT2D eigenvalue weighted by Gasteiger charge is 2.20. The number of halogens is 1. The van der Waals surface area contributed by atoms with Gasteiger partial charge in [-0.2, -0.15) is 0 Å². The molecular weight excluding hydrogens is 266 g/mol. The number of thiophene rings is 1. The van der Waals surface area contributed by atoms with Gasteiger partial charge >= 0.3 is 0 Å². The van der Waals surface area contributed by atoms with Crippen molar-refractivity contribution in [1.82, 2.24) is 4.90 Å². The lowest BCUT2D eigenvalue weighted by Crippen LogP contribution is -2.27. The first kappa shape index (κ1) is 13.9. The second kappa shape index (κ2) is 6.58. The Balaban J connectivity index is 1.85. The molecule has 1 aliphatic rings. The monoisotopic (exact) mass is 285 g/mol. The largest absolute Gasteiger partial charge is 0.341 e. The molecule has 0 saturated carbocycles. The number of hydrogen-bond acceptors (Lipinski definition) is 2. The Morgan fingerprint density at radius 2 is 2.22 bits per heavy atom. The standard InChI is InChI=1S/C14H20ClNOS/c1-16(9-4-2-3-8-15)14(17)13-10-11-6-5-7-12(11)18-13/h10H,2-9H2,1H3. The summed E-state index contributed by atoms with van der Waals surface area (Å²) in [4.78, 5) is 16.4. The van der Waals surface area contributed by atoms with Gasteiger partial charge in [-0.15, -0.1) is 22.9 Å². The molecule has 0 saturated heterocycles. The number of fused-ring (bicyclic) bond motifs is 1. The Morgan fingerprint density at radius 1 is 1.39 bits per heavy atom. The molecule has 0 aromatic carbocycles. The lowest BCUT2D eigenvalue weighted by molar-refractivity contribution is 0.0797. The van der Waals surface area contributed by atoms with Crippen LogP contribution < -0.4 is 0 Å². The van der Waals surface area contributed by atoms with Crippen molar-refractivity contribution in [3.63, 3.8) is 0 Å². The summed E-state index contributed by atoms with van der Waals surface area (Å²) in [5, 5.41) is 0. The zero-order valence-corrected chi connectivity index (χ0v) is 12.4. The van der Waals surface area contributed by atoms with Crippen LogP contribution >= 0.6 is 22.9 Å². The van der Waals surface area contributed by atoms with Crippen molar-refractivity contribution in [2.75, 3.05) is 19.5 Å². The van der Waals surface area contributed by atoms with E-state index in [9.17, 15) is 4.79 Å². The van der Waals surface area contributed by atoms with E-state index in [1.165, 1.54) is 16.9 Å². The normalized spacial score (nSPS) is 13.7. The summed E-state index contributed by atoms with van der Waals surface area (Å²) in [5.74, 6) is 0.898. The van der Waals surface area contributed by atoms with Crippen LogP contribution in [0.3, 0.4) is 0 Å². The van der Waals surface area contributed by atoms with E-state index in [-0.39, 0.29) is 5.91 Å². The minimum absolute atomic E-state index is 0.181. The summed E-state index contributed by atoms with van der Waals surface area (Å²) in [7, 11) is 1.90. The van der Waals surface area contributed by atoms with Crippen LogP contribution in [-0.2, 0) is 12.8 Å². The number of carbonyl (C=O) groups is 1. The molecule has 0 fully saturated rings. The highest BCUT2D eigenvalue weighted by atomic mass is 35.5. The molecule has 100 valence electrons. The van der Waals surface area contributed by atoms with E-state index >= 15 is 0 Å². The number of aryl methyl sites for hydroxylation is 2. The predicted octanol–water partition coefficient (Wildman–Crippen LogP) is 3.72. The summed E-state index contributed by atoms with van der Waals surface area (Å²) in [6, 6.07) is 2.10. The van der Waals surface area contributed by atoms with Gasteiger partial charge in [0, 0.05) is 24.3 Å². The van der Waals surface area contributed by atoms with Crippen molar-refractivity contribution in [1.29, 1.82) is 0 Å². The number of unbranched alkanes of at least 4 members (excludes halogenated alkanes) is 2. The van der Waals surface area contributed by atoms with Gasteiger partial charge in [-0.05, 0) is 43.7 Å². The van der Waals surface area contributed by atoms with Gasteiger partial charge in [-0.25, -0.2) is 0 Å². The van der Waals surface area contributed by atoms with Gasteiger partial charge in [0.05, 0.1) is 4.88 Å². The van der Waals surface area contributed by atoms with Crippen LogP contribution in [0.15, 0.2) is 6.07 Å². The molecule has 1 aromatic heterocycles. The molecule has 0 aliphatic heterocycles. The molecule has 0 spiro atoms. The van der Waals surface area contributed by atoms with Crippen molar-refractivity contribution in [3.05, 3.63) is 21.4 Å². The van der Waals surface area contributed by atoms with Crippen molar-refractivity contribution >= 4 is 28.8 Å². The Bertz CT molecular complexity index is 394. The van der Waals surface area contributed by atoms with Gasteiger partial charge < -0.3 is 4.90 Å². The number of nitrogens with zero attached hydrogens (tertiary/aromatic N) is 1. The third-order valence-corrected chi connectivity index (χ3v) is 4.92. The van der Waals surface area contributed by atoms with E-state index in [2.05, 4.69) is 6.07 Å². The lowest BCUT2D eigenvalue weighted by Gasteiger charge is -2.15. The first-order chi connectivity index (χ1) is 8.72. The number of amides is 1. The molecule has 1 aromatic rings. The fourth-order valence-corrected chi connectivity index (χ4v) is 3.78. The average Bonchev–Trinajstić information content (AvgIpc) is 2.94. The van der Waals surface area contributed by atoms with Gasteiger partial charge in [0.25, 0.3) is 5.91 Å². The summed E-state index contributed by atoms with van der Waals surface area (Å²) in [6.45, 7) is 0.832. The van der Waals surface area contributed by atoms with Gasteiger partial charge in [-0.3, -0.25) is 4.79 Å². The summed E-state index contributed by atoms with van der Waals surface area (Å²) >= 11 is 7.33. The highest BCUT2D eigenvalue weighted by molar-refractivity contribution is 7.14. The van der Waals surface area contributed by atoms with Crippen LogP contribution in [0.2, 0.25) is 0 Å². The van der Waals surface area contributed by atoms with Gasteiger partial charge in [0.1, 0.15) is 0 Å².